The van der Waals surface area contributed by atoms with Crippen molar-refractivity contribution in [1.82, 2.24) is 9.62 Å². The van der Waals surface area contributed by atoms with Crippen molar-refractivity contribution >= 4 is 15.9 Å². The standard InChI is InChI=1S/C10H18N2O3S/c1-6(2)9-7-4-11-5-8(7)12(10(9)13)16(3,14)15/h6-9,11H,4-5H2,1-3H3/t7-,8?,9?/m0/s1. The molecular weight excluding hydrogens is 228 g/mol. The molecule has 6 heteroatoms. The first-order chi connectivity index (χ1) is 7.34. The van der Waals surface area contributed by atoms with Crippen LogP contribution < -0.4 is 5.32 Å². The van der Waals surface area contributed by atoms with Crippen molar-refractivity contribution in [3.8, 4) is 0 Å². The van der Waals surface area contributed by atoms with E-state index >= 15 is 0 Å². The van der Waals surface area contributed by atoms with Gasteiger partial charge in [0.15, 0.2) is 0 Å². The summed E-state index contributed by atoms with van der Waals surface area (Å²) in [5, 5.41) is 3.17. The summed E-state index contributed by atoms with van der Waals surface area (Å²) in [5.74, 6) is -0.0439. The maximum atomic E-state index is 12.1. The van der Waals surface area contributed by atoms with Crippen LogP contribution in [0.4, 0.5) is 0 Å². The Kier molecular flexibility index (Phi) is 2.74. The zero-order valence-corrected chi connectivity index (χ0v) is 10.6. The van der Waals surface area contributed by atoms with E-state index in [-0.39, 0.29) is 29.7 Å². The van der Waals surface area contributed by atoms with Gasteiger partial charge in [-0.2, -0.15) is 0 Å². The Morgan fingerprint density at radius 3 is 2.50 bits per heavy atom. The smallest absolute Gasteiger partial charge is 0.240 e. The largest absolute Gasteiger partial charge is 0.314 e. The molecule has 0 spiro atoms. The molecule has 5 nitrogen and oxygen atoms in total. The molecule has 0 radical (unpaired) electrons. The van der Waals surface area contributed by atoms with Gasteiger partial charge < -0.3 is 5.32 Å². The third-order valence-corrected chi connectivity index (χ3v) is 4.73. The van der Waals surface area contributed by atoms with Crippen molar-refractivity contribution in [1.29, 1.82) is 0 Å². The van der Waals surface area contributed by atoms with Crippen LogP contribution in [0.25, 0.3) is 0 Å². The fraction of sp³-hybridized carbons (Fsp3) is 0.900. The maximum absolute atomic E-state index is 12.1. The Labute approximate surface area is 96.2 Å². The zero-order valence-electron chi connectivity index (χ0n) is 9.80. The molecule has 1 amide bonds. The average molecular weight is 246 g/mol. The van der Waals surface area contributed by atoms with Gasteiger partial charge in [-0.05, 0) is 5.92 Å². The van der Waals surface area contributed by atoms with Gasteiger partial charge in [-0.15, -0.1) is 0 Å². The highest BCUT2D eigenvalue weighted by atomic mass is 32.2. The zero-order chi connectivity index (χ0) is 12.1. The predicted molar refractivity (Wildman–Crippen MR) is 60.2 cm³/mol. The lowest BCUT2D eigenvalue weighted by Crippen LogP contribution is -2.41. The molecule has 0 saturated carbocycles. The normalized spacial score (nSPS) is 34.9. The highest BCUT2D eigenvalue weighted by Gasteiger charge is 2.54. The number of carbonyl (C=O) groups is 1. The van der Waals surface area contributed by atoms with Gasteiger partial charge in [-0.3, -0.25) is 4.79 Å². The third kappa shape index (κ3) is 1.64. The first-order valence-corrected chi connectivity index (χ1v) is 7.43. The van der Waals surface area contributed by atoms with E-state index < -0.39 is 10.0 Å². The monoisotopic (exact) mass is 246 g/mol. The molecule has 0 aromatic rings. The second-order valence-electron chi connectivity index (χ2n) is 5.06. The fourth-order valence-corrected chi connectivity index (χ4v) is 4.16. The lowest BCUT2D eigenvalue weighted by Gasteiger charge is -2.20. The molecule has 2 saturated heterocycles. The van der Waals surface area contributed by atoms with Gasteiger partial charge in [0.1, 0.15) is 0 Å². The molecule has 92 valence electrons. The quantitative estimate of drug-likeness (QED) is 0.723. The van der Waals surface area contributed by atoms with Crippen molar-refractivity contribution in [3.05, 3.63) is 0 Å². The number of amides is 1. The Balaban J connectivity index is 2.39. The van der Waals surface area contributed by atoms with Crippen LogP contribution in [-0.2, 0) is 14.8 Å². The molecule has 2 unspecified atom stereocenters. The molecule has 0 bridgehead atoms. The van der Waals surface area contributed by atoms with Crippen molar-refractivity contribution in [2.24, 2.45) is 17.8 Å². The van der Waals surface area contributed by atoms with Gasteiger partial charge >= 0.3 is 0 Å². The van der Waals surface area contributed by atoms with Gasteiger partial charge in [0, 0.05) is 24.9 Å². The summed E-state index contributed by atoms with van der Waals surface area (Å²) in [6.07, 6.45) is 1.11. The number of hydrogen-bond acceptors (Lipinski definition) is 4. The van der Waals surface area contributed by atoms with E-state index in [2.05, 4.69) is 5.32 Å². The highest BCUT2D eigenvalue weighted by Crippen LogP contribution is 2.38. The van der Waals surface area contributed by atoms with Crippen molar-refractivity contribution in [2.75, 3.05) is 19.3 Å². The van der Waals surface area contributed by atoms with Crippen molar-refractivity contribution in [3.63, 3.8) is 0 Å². The first-order valence-electron chi connectivity index (χ1n) is 5.58. The summed E-state index contributed by atoms with van der Waals surface area (Å²) in [4.78, 5) is 12.1. The molecule has 2 heterocycles. The molecule has 2 aliphatic rings. The number of sulfonamides is 1. The molecule has 2 aliphatic heterocycles. The maximum Gasteiger partial charge on any atom is 0.240 e. The number of fused-ring (bicyclic) bond motifs is 1. The van der Waals surface area contributed by atoms with E-state index in [1.54, 1.807) is 0 Å². The van der Waals surface area contributed by atoms with Gasteiger partial charge in [-0.25, -0.2) is 12.7 Å². The topological polar surface area (TPSA) is 66.5 Å². The number of nitrogens with zero attached hydrogens (tertiary/aromatic N) is 1. The Morgan fingerprint density at radius 1 is 1.38 bits per heavy atom. The Bertz CT molecular complexity index is 404. The van der Waals surface area contributed by atoms with E-state index in [9.17, 15) is 13.2 Å². The lowest BCUT2D eigenvalue weighted by molar-refractivity contribution is -0.129. The molecule has 16 heavy (non-hydrogen) atoms. The SMILES string of the molecule is CC(C)C1C(=O)N(S(C)(=O)=O)C2CNC[C@H]12. The number of hydrogen-bond donors (Lipinski definition) is 1. The van der Waals surface area contributed by atoms with Gasteiger partial charge in [0.25, 0.3) is 0 Å². The molecule has 2 fully saturated rings. The van der Waals surface area contributed by atoms with Crippen LogP contribution >= 0.6 is 0 Å². The van der Waals surface area contributed by atoms with Crippen molar-refractivity contribution < 1.29 is 13.2 Å². The number of carbonyl (C=O) groups excluding carboxylic acids is 1. The summed E-state index contributed by atoms with van der Waals surface area (Å²) < 4.78 is 24.4. The van der Waals surface area contributed by atoms with Crippen LogP contribution in [0, 0.1) is 17.8 Å². The molecule has 1 N–H and O–H groups in total. The van der Waals surface area contributed by atoms with Crippen LogP contribution in [0.2, 0.25) is 0 Å². The van der Waals surface area contributed by atoms with Crippen LogP contribution in [0.5, 0.6) is 0 Å². The summed E-state index contributed by atoms with van der Waals surface area (Å²) >= 11 is 0. The molecule has 2 rings (SSSR count). The average Bonchev–Trinajstić information content (AvgIpc) is 2.58. The fourth-order valence-electron chi connectivity index (χ4n) is 2.99. The van der Waals surface area contributed by atoms with E-state index in [1.807, 2.05) is 13.8 Å². The number of rotatable bonds is 2. The van der Waals surface area contributed by atoms with E-state index in [1.165, 1.54) is 0 Å². The first kappa shape index (κ1) is 11.9. The van der Waals surface area contributed by atoms with E-state index in [0.717, 1.165) is 17.1 Å². The molecule has 0 aromatic heterocycles. The van der Waals surface area contributed by atoms with Gasteiger partial charge in [0.05, 0.1) is 12.3 Å². The van der Waals surface area contributed by atoms with Crippen LogP contribution in [0.3, 0.4) is 0 Å². The minimum atomic E-state index is -3.43. The molecular formula is C10H18N2O3S. The molecule has 0 aromatic carbocycles. The van der Waals surface area contributed by atoms with E-state index in [0.29, 0.717) is 6.54 Å². The van der Waals surface area contributed by atoms with Gasteiger partial charge in [-0.1, -0.05) is 13.8 Å². The second-order valence-corrected chi connectivity index (χ2v) is 6.92. The summed E-state index contributed by atoms with van der Waals surface area (Å²) in [7, 11) is -3.43. The van der Waals surface area contributed by atoms with Gasteiger partial charge in [0.2, 0.25) is 15.9 Å². The highest BCUT2D eigenvalue weighted by molar-refractivity contribution is 7.88. The minimum absolute atomic E-state index is 0.141. The minimum Gasteiger partial charge on any atom is -0.314 e. The van der Waals surface area contributed by atoms with Crippen LogP contribution in [0.1, 0.15) is 13.8 Å². The summed E-state index contributed by atoms with van der Waals surface area (Å²) in [6, 6.07) is -0.171. The summed E-state index contributed by atoms with van der Waals surface area (Å²) in [6.45, 7) is 5.28. The molecule has 3 atom stereocenters. The Morgan fingerprint density at radius 2 is 2.00 bits per heavy atom. The second kappa shape index (κ2) is 3.70. The molecule has 0 aliphatic carbocycles. The lowest BCUT2D eigenvalue weighted by atomic mass is 9.84. The van der Waals surface area contributed by atoms with Crippen LogP contribution in [-0.4, -0.2) is 44.0 Å². The number of nitrogens with one attached hydrogen (secondary N) is 1. The summed E-state index contributed by atoms with van der Waals surface area (Å²) in [5.41, 5.74) is 0. The van der Waals surface area contributed by atoms with E-state index in [4.69, 9.17) is 0 Å². The third-order valence-electron chi connectivity index (χ3n) is 3.57. The van der Waals surface area contributed by atoms with Crippen molar-refractivity contribution in [2.45, 2.75) is 19.9 Å². The van der Waals surface area contributed by atoms with Crippen LogP contribution in [0.15, 0.2) is 0 Å². The Hall–Kier alpha value is -0.620. The predicted octanol–water partition coefficient (Wildman–Crippen LogP) is -0.352.